The highest BCUT2D eigenvalue weighted by Gasteiger charge is 2.36. The number of nitrogens with zero attached hydrogens (tertiary/aromatic N) is 3. The number of carbonyl (C=O) groups is 2. The van der Waals surface area contributed by atoms with Crippen LogP contribution in [0, 0.1) is 11.3 Å². The lowest BCUT2D eigenvalue weighted by molar-refractivity contribution is -0.134. The molecule has 0 saturated carbocycles. The van der Waals surface area contributed by atoms with Gasteiger partial charge < -0.3 is 15.1 Å². The van der Waals surface area contributed by atoms with E-state index in [9.17, 15) is 9.59 Å². The highest BCUT2D eigenvalue weighted by atomic mass is 32.2. The van der Waals surface area contributed by atoms with Gasteiger partial charge in [-0.25, -0.2) is 4.79 Å². The largest absolute Gasteiger partial charge is 0.339 e. The predicted molar refractivity (Wildman–Crippen MR) is 93.8 cm³/mol. The van der Waals surface area contributed by atoms with E-state index in [1.807, 2.05) is 16.7 Å². The average Bonchev–Trinajstić information content (AvgIpc) is 3.12. The molecule has 24 heavy (non-hydrogen) atoms. The van der Waals surface area contributed by atoms with Gasteiger partial charge in [-0.2, -0.15) is 17.0 Å². The number of rotatable bonds is 2. The van der Waals surface area contributed by atoms with Crippen LogP contribution in [0.2, 0.25) is 0 Å². The van der Waals surface area contributed by atoms with Crippen molar-refractivity contribution in [3.8, 4) is 6.07 Å². The molecule has 1 N–H and O–H groups in total. The van der Waals surface area contributed by atoms with Gasteiger partial charge in [-0.3, -0.25) is 4.79 Å². The second-order valence-corrected chi connectivity index (χ2v) is 7.14. The van der Waals surface area contributed by atoms with Crippen LogP contribution >= 0.6 is 11.8 Å². The third-order valence-electron chi connectivity index (χ3n) is 4.36. The Morgan fingerprint density at radius 1 is 1.25 bits per heavy atom. The number of nitriles is 1. The second kappa shape index (κ2) is 7.58. The topological polar surface area (TPSA) is 76.4 Å². The summed E-state index contributed by atoms with van der Waals surface area (Å²) in [6.07, 6.45) is 1.55. The zero-order chi connectivity index (χ0) is 16.9. The van der Waals surface area contributed by atoms with E-state index in [4.69, 9.17) is 5.26 Å². The number of anilines is 1. The van der Waals surface area contributed by atoms with E-state index in [1.165, 1.54) is 0 Å². The fourth-order valence-corrected chi connectivity index (χ4v) is 4.03. The molecule has 1 atom stereocenters. The highest BCUT2D eigenvalue weighted by Crippen LogP contribution is 2.22. The standard InChI is InChI=1S/C17H20N4O2S/c18-12-13-3-1-4-14(11-13)19-17(23)21-6-2-5-15(21)16(22)20-7-9-24-10-8-20/h1,3-4,11,15H,2,5-10H2,(H,19,23)/t15-/m0/s1. The van der Waals surface area contributed by atoms with E-state index >= 15 is 0 Å². The number of urea groups is 1. The summed E-state index contributed by atoms with van der Waals surface area (Å²) >= 11 is 1.86. The van der Waals surface area contributed by atoms with Gasteiger partial charge in [0.15, 0.2) is 0 Å². The summed E-state index contributed by atoms with van der Waals surface area (Å²) in [4.78, 5) is 28.8. The average molecular weight is 344 g/mol. The van der Waals surface area contributed by atoms with Crippen molar-refractivity contribution in [1.82, 2.24) is 9.80 Å². The number of benzene rings is 1. The summed E-state index contributed by atoms with van der Waals surface area (Å²) in [5, 5.41) is 11.7. The number of nitrogens with one attached hydrogen (secondary N) is 1. The summed E-state index contributed by atoms with van der Waals surface area (Å²) < 4.78 is 0. The van der Waals surface area contributed by atoms with Crippen molar-refractivity contribution >= 4 is 29.4 Å². The molecule has 2 heterocycles. The van der Waals surface area contributed by atoms with Gasteiger partial charge >= 0.3 is 6.03 Å². The predicted octanol–water partition coefficient (Wildman–Crippen LogP) is 2.13. The van der Waals surface area contributed by atoms with E-state index in [2.05, 4.69) is 11.4 Å². The van der Waals surface area contributed by atoms with Crippen LogP contribution in [-0.4, -0.2) is 58.9 Å². The number of likely N-dealkylation sites (tertiary alicyclic amines) is 1. The molecule has 0 aliphatic carbocycles. The SMILES string of the molecule is N#Cc1cccc(NC(=O)N2CCC[C@H]2C(=O)N2CCSCC2)c1. The first-order valence-electron chi connectivity index (χ1n) is 8.13. The Morgan fingerprint density at radius 2 is 2.04 bits per heavy atom. The quantitative estimate of drug-likeness (QED) is 0.892. The van der Waals surface area contributed by atoms with Crippen molar-refractivity contribution < 1.29 is 9.59 Å². The molecular formula is C17H20N4O2S. The summed E-state index contributed by atoms with van der Waals surface area (Å²) in [6, 6.07) is 8.20. The summed E-state index contributed by atoms with van der Waals surface area (Å²) in [5.74, 6) is 1.99. The number of thioether (sulfide) groups is 1. The van der Waals surface area contributed by atoms with Gasteiger partial charge in [-0.1, -0.05) is 6.07 Å². The Bertz CT molecular complexity index is 667. The Kier molecular flexibility index (Phi) is 5.26. The number of carbonyl (C=O) groups excluding carboxylic acids is 2. The monoisotopic (exact) mass is 344 g/mol. The third kappa shape index (κ3) is 3.65. The van der Waals surface area contributed by atoms with Crippen molar-refractivity contribution in [3.63, 3.8) is 0 Å². The van der Waals surface area contributed by atoms with Crippen LogP contribution in [0.5, 0.6) is 0 Å². The lowest BCUT2D eigenvalue weighted by Crippen LogP contribution is -2.51. The molecule has 2 aliphatic rings. The number of hydrogen-bond donors (Lipinski definition) is 1. The molecule has 7 heteroatoms. The van der Waals surface area contributed by atoms with Crippen LogP contribution in [0.25, 0.3) is 0 Å². The van der Waals surface area contributed by atoms with Crippen molar-refractivity contribution in [1.29, 1.82) is 5.26 Å². The van der Waals surface area contributed by atoms with Crippen LogP contribution in [0.3, 0.4) is 0 Å². The van der Waals surface area contributed by atoms with Gasteiger partial charge in [0.2, 0.25) is 5.91 Å². The van der Waals surface area contributed by atoms with Gasteiger partial charge in [0, 0.05) is 36.8 Å². The minimum absolute atomic E-state index is 0.0636. The molecule has 3 amide bonds. The second-order valence-electron chi connectivity index (χ2n) is 5.91. The maximum absolute atomic E-state index is 12.7. The molecule has 6 nitrogen and oxygen atoms in total. The van der Waals surface area contributed by atoms with Crippen LogP contribution in [0.4, 0.5) is 10.5 Å². The van der Waals surface area contributed by atoms with Crippen molar-refractivity contribution in [3.05, 3.63) is 29.8 Å². The lowest BCUT2D eigenvalue weighted by Gasteiger charge is -2.32. The summed E-state index contributed by atoms with van der Waals surface area (Å²) in [7, 11) is 0. The van der Waals surface area contributed by atoms with Crippen LogP contribution in [-0.2, 0) is 4.79 Å². The van der Waals surface area contributed by atoms with E-state index < -0.39 is 0 Å². The molecule has 2 saturated heterocycles. The third-order valence-corrected chi connectivity index (χ3v) is 5.31. The maximum atomic E-state index is 12.7. The molecule has 1 aromatic rings. The van der Waals surface area contributed by atoms with Crippen LogP contribution in [0.15, 0.2) is 24.3 Å². The zero-order valence-electron chi connectivity index (χ0n) is 13.4. The molecule has 1 aromatic carbocycles. The van der Waals surface area contributed by atoms with Gasteiger partial charge in [-0.05, 0) is 31.0 Å². The smallest absolute Gasteiger partial charge is 0.322 e. The number of amides is 3. The van der Waals surface area contributed by atoms with Crippen LogP contribution in [0.1, 0.15) is 18.4 Å². The molecule has 0 radical (unpaired) electrons. The first-order valence-corrected chi connectivity index (χ1v) is 9.29. The van der Waals surface area contributed by atoms with Crippen molar-refractivity contribution in [2.45, 2.75) is 18.9 Å². The summed E-state index contributed by atoms with van der Waals surface area (Å²) in [5.41, 5.74) is 1.07. The Morgan fingerprint density at radius 3 is 2.79 bits per heavy atom. The van der Waals surface area contributed by atoms with Crippen molar-refractivity contribution in [2.24, 2.45) is 0 Å². The Labute approximate surface area is 145 Å². The fourth-order valence-electron chi connectivity index (χ4n) is 3.12. The number of hydrogen-bond acceptors (Lipinski definition) is 4. The van der Waals surface area contributed by atoms with E-state index in [0.29, 0.717) is 24.2 Å². The van der Waals surface area contributed by atoms with Crippen LogP contribution < -0.4 is 5.32 Å². The van der Waals surface area contributed by atoms with Gasteiger partial charge in [0.05, 0.1) is 11.6 Å². The van der Waals surface area contributed by atoms with E-state index in [-0.39, 0.29) is 18.0 Å². The Hall–Kier alpha value is -2.20. The highest BCUT2D eigenvalue weighted by molar-refractivity contribution is 7.99. The van der Waals surface area contributed by atoms with Gasteiger partial charge in [0.1, 0.15) is 6.04 Å². The molecule has 0 unspecified atom stereocenters. The molecule has 0 aromatic heterocycles. The normalized spacial score (nSPS) is 20.5. The first-order chi connectivity index (χ1) is 11.7. The summed E-state index contributed by atoms with van der Waals surface area (Å²) in [6.45, 7) is 2.11. The molecule has 3 rings (SSSR count). The molecule has 2 fully saturated rings. The molecule has 0 bridgehead atoms. The Balaban J connectivity index is 1.66. The van der Waals surface area contributed by atoms with Crippen molar-refractivity contribution in [2.75, 3.05) is 36.5 Å². The van der Waals surface area contributed by atoms with Gasteiger partial charge in [-0.15, -0.1) is 0 Å². The molecule has 2 aliphatic heterocycles. The zero-order valence-corrected chi connectivity index (χ0v) is 14.2. The minimum atomic E-state index is -0.368. The molecule has 126 valence electrons. The molecular weight excluding hydrogens is 324 g/mol. The minimum Gasteiger partial charge on any atom is -0.339 e. The maximum Gasteiger partial charge on any atom is 0.322 e. The first kappa shape index (κ1) is 16.7. The van der Waals surface area contributed by atoms with E-state index in [0.717, 1.165) is 31.0 Å². The van der Waals surface area contributed by atoms with Gasteiger partial charge in [0.25, 0.3) is 0 Å². The fraction of sp³-hybridized carbons (Fsp3) is 0.471. The molecule has 0 spiro atoms. The lowest BCUT2D eigenvalue weighted by atomic mass is 10.2. The van der Waals surface area contributed by atoms with E-state index in [1.54, 1.807) is 29.2 Å².